The largest absolute Gasteiger partial charge is 0.363 e. The minimum Gasteiger partial charge on any atom is -0.363 e. The SMILES string of the molecule is Cc1sc2ncnc(NC(C)c3cccc(Br)c3)c2c1C. The Bertz CT molecular complexity index is 797. The molecule has 1 atom stereocenters. The summed E-state index contributed by atoms with van der Waals surface area (Å²) in [6.07, 6.45) is 1.63. The number of nitrogens with one attached hydrogen (secondary N) is 1. The molecule has 108 valence electrons. The fraction of sp³-hybridized carbons (Fsp3) is 0.250. The van der Waals surface area contributed by atoms with E-state index in [9.17, 15) is 0 Å². The van der Waals surface area contributed by atoms with Gasteiger partial charge < -0.3 is 5.32 Å². The maximum Gasteiger partial charge on any atom is 0.138 e. The van der Waals surface area contributed by atoms with E-state index in [1.165, 1.54) is 16.0 Å². The Labute approximate surface area is 136 Å². The molecule has 1 unspecified atom stereocenters. The molecule has 0 aliphatic carbocycles. The van der Waals surface area contributed by atoms with Gasteiger partial charge in [0.15, 0.2) is 0 Å². The topological polar surface area (TPSA) is 37.8 Å². The van der Waals surface area contributed by atoms with Gasteiger partial charge in [0.2, 0.25) is 0 Å². The Morgan fingerprint density at radius 1 is 1.24 bits per heavy atom. The van der Waals surface area contributed by atoms with Crippen molar-refractivity contribution >= 4 is 43.3 Å². The van der Waals surface area contributed by atoms with Crippen LogP contribution >= 0.6 is 27.3 Å². The molecule has 0 radical (unpaired) electrons. The molecule has 0 fully saturated rings. The minimum atomic E-state index is 0.181. The summed E-state index contributed by atoms with van der Waals surface area (Å²) in [5, 5.41) is 4.66. The highest BCUT2D eigenvalue weighted by Gasteiger charge is 2.14. The van der Waals surface area contributed by atoms with Gasteiger partial charge in [0.25, 0.3) is 0 Å². The Hall–Kier alpha value is -1.46. The fourth-order valence-electron chi connectivity index (χ4n) is 2.36. The van der Waals surface area contributed by atoms with Gasteiger partial charge in [-0.15, -0.1) is 11.3 Å². The molecule has 3 rings (SSSR count). The first-order valence-corrected chi connectivity index (χ1v) is 8.40. The smallest absolute Gasteiger partial charge is 0.138 e. The van der Waals surface area contributed by atoms with E-state index in [-0.39, 0.29) is 6.04 Å². The second kappa shape index (κ2) is 5.73. The summed E-state index contributed by atoms with van der Waals surface area (Å²) in [7, 11) is 0. The molecule has 5 heteroatoms. The lowest BCUT2D eigenvalue weighted by molar-refractivity contribution is 0.875. The molecule has 0 spiro atoms. The highest BCUT2D eigenvalue weighted by Crippen LogP contribution is 2.34. The molecule has 0 aliphatic rings. The number of benzene rings is 1. The average molecular weight is 362 g/mol. The van der Waals surface area contributed by atoms with Crippen LogP contribution in [0.1, 0.15) is 29.0 Å². The number of hydrogen-bond acceptors (Lipinski definition) is 4. The van der Waals surface area contributed by atoms with E-state index in [0.717, 1.165) is 20.5 Å². The van der Waals surface area contributed by atoms with E-state index in [1.807, 2.05) is 12.1 Å². The lowest BCUT2D eigenvalue weighted by Crippen LogP contribution is -2.08. The predicted octanol–water partition coefficient (Wildman–Crippen LogP) is 5.24. The normalized spacial score (nSPS) is 12.6. The average Bonchev–Trinajstić information content (AvgIpc) is 2.75. The second-order valence-electron chi connectivity index (χ2n) is 5.11. The number of aryl methyl sites for hydroxylation is 2. The highest BCUT2D eigenvalue weighted by molar-refractivity contribution is 9.10. The zero-order chi connectivity index (χ0) is 15.0. The van der Waals surface area contributed by atoms with Crippen molar-refractivity contribution in [3.63, 3.8) is 0 Å². The third-order valence-corrected chi connectivity index (χ3v) is 5.28. The molecule has 2 aromatic heterocycles. The summed E-state index contributed by atoms with van der Waals surface area (Å²) in [6.45, 7) is 6.40. The second-order valence-corrected chi connectivity index (χ2v) is 7.23. The standard InChI is InChI=1S/C16H16BrN3S/c1-9-11(3)21-16-14(9)15(18-8-19-16)20-10(2)12-5-4-6-13(17)7-12/h4-8,10H,1-3H3,(H,18,19,20). The van der Waals surface area contributed by atoms with Gasteiger partial charge in [-0.3, -0.25) is 0 Å². The molecule has 0 saturated heterocycles. The summed E-state index contributed by atoms with van der Waals surface area (Å²) < 4.78 is 1.09. The first-order valence-electron chi connectivity index (χ1n) is 6.79. The number of anilines is 1. The number of thiophene rings is 1. The van der Waals surface area contributed by atoms with Crippen molar-refractivity contribution in [2.24, 2.45) is 0 Å². The van der Waals surface area contributed by atoms with E-state index < -0.39 is 0 Å². The van der Waals surface area contributed by atoms with Gasteiger partial charge in [-0.1, -0.05) is 28.1 Å². The number of fused-ring (bicyclic) bond motifs is 1. The Morgan fingerprint density at radius 3 is 2.81 bits per heavy atom. The summed E-state index contributed by atoms with van der Waals surface area (Å²) >= 11 is 5.24. The molecule has 2 heterocycles. The molecule has 0 amide bonds. The van der Waals surface area contributed by atoms with E-state index >= 15 is 0 Å². The quantitative estimate of drug-likeness (QED) is 0.692. The number of nitrogens with zero attached hydrogens (tertiary/aromatic N) is 2. The van der Waals surface area contributed by atoms with Crippen molar-refractivity contribution in [1.82, 2.24) is 9.97 Å². The fourth-order valence-corrected chi connectivity index (χ4v) is 3.77. The van der Waals surface area contributed by atoms with Gasteiger partial charge in [0.1, 0.15) is 17.0 Å². The number of hydrogen-bond donors (Lipinski definition) is 1. The zero-order valence-corrected chi connectivity index (χ0v) is 14.5. The van der Waals surface area contributed by atoms with Crippen molar-refractivity contribution in [1.29, 1.82) is 0 Å². The molecule has 1 N–H and O–H groups in total. The van der Waals surface area contributed by atoms with E-state index in [2.05, 4.69) is 64.1 Å². The maximum atomic E-state index is 4.44. The van der Waals surface area contributed by atoms with Gasteiger partial charge in [0, 0.05) is 9.35 Å². The van der Waals surface area contributed by atoms with Crippen molar-refractivity contribution < 1.29 is 0 Å². The first kappa shape index (κ1) is 14.5. The van der Waals surface area contributed by atoms with Crippen molar-refractivity contribution in [2.45, 2.75) is 26.8 Å². The van der Waals surface area contributed by atoms with E-state index in [0.29, 0.717) is 0 Å². The molecule has 0 aliphatic heterocycles. The number of halogens is 1. The van der Waals surface area contributed by atoms with Gasteiger partial charge in [-0.2, -0.15) is 0 Å². The first-order chi connectivity index (χ1) is 10.1. The van der Waals surface area contributed by atoms with E-state index in [1.54, 1.807) is 17.7 Å². The van der Waals surface area contributed by atoms with Crippen molar-refractivity contribution in [3.8, 4) is 0 Å². The monoisotopic (exact) mass is 361 g/mol. The van der Waals surface area contributed by atoms with Crippen LogP contribution in [0, 0.1) is 13.8 Å². The lowest BCUT2D eigenvalue weighted by atomic mass is 10.1. The number of rotatable bonds is 3. The Morgan fingerprint density at radius 2 is 2.05 bits per heavy atom. The molecule has 21 heavy (non-hydrogen) atoms. The van der Waals surface area contributed by atoms with Crippen LogP contribution in [0.5, 0.6) is 0 Å². The maximum absolute atomic E-state index is 4.44. The number of aromatic nitrogens is 2. The van der Waals surface area contributed by atoms with Crippen molar-refractivity contribution in [3.05, 3.63) is 51.1 Å². The molecule has 0 saturated carbocycles. The van der Waals surface area contributed by atoms with Crippen LogP contribution in [0.15, 0.2) is 35.1 Å². The Balaban J connectivity index is 1.98. The third-order valence-electron chi connectivity index (χ3n) is 3.67. The molecule has 1 aromatic carbocycles. The van der Waals surface area contributed by atoms with Gasteiger partial charge >= 0.3 is 0 Å². The van der Waals surface area contributed by atoms with E-state index in [4.69, 9.17) is 0 Å². The summed E-state index contributed by atoms with van der Waals surface area (Å²) in [5.41, 5.74) is 2.49. The third kappa shape index (κ3) is 2.80. The van der Waals surface area contributed by atoms with Crippen molar-refractivity contribution in [2.75, 3.05) is 5.32 Å². The minimum absolute atomic E-state index is 0.181. The van der Waals surface area contributed by atoms with Crippen LogP contribution in [0.2, 0.25) is 0 Å². The lowest BCUT2D eigenvalue weighted by Gasteiger charge is -2.16. The predicted molar refractivity (Wildman–Crippen MR) is 93.1 cm³/mol. The molecule has 0 bridgehead atoms. The molecular formula is C16H16BrN3S. The van der Waals surface area contributed by atoms with Crippen LogP contribution in [0.4, 0.5) is 5.82 Å². The molecule has 3 aromatic rings. The molecule has 3 nitrogen and oxygen atoms in total. The molecular weight excluding hydrogens is 346 g/mol. The van der Waals surface area contributed by atoms with Gasteiger partial charge in [0.05, 0.1) is 11.4 Å². The summed E-state index contributed by atoms with van der Waals surface area (Å²) in [4.78, 5) is 11.2. The van der Waals surface area contributed by atoms with Crippen LogP contribution in [-0.2, 0) is 0 Å². The zero-order valence-electron chi connectivity index (χ0n) is 12.1. The van der Waals surface area contributed by atoms with Crippen LogP contribution in [0.25, 0.3) is 10.2 Å². The summed E-state index contributed by atoms with van der Waals surface area (Å²) in [5.74, 6) is 0.911. The van der Waals surface area contributed by atoms with Gasteiger partial charge in [-0.25, -0.2) is 9.97 Å². The van der Waals surface area contributed by atoms with Crippen LogP contribution in [0.3, 0.4) is 0 Å². The van der Waals surface area contributed by atoms with Crippen LogP contribution in [-0.4, -0.2) is 9.97 Å². The Kier molecular flexibility index (Phi) is 3.95. The summed E-state index contributed by atoms with van der Waals surface area (Å²) in [6, 6.07) is 8.51. The van der Waals surface area contributed by atoms with Crippen LogP contribution < -0.4 is 5.32 Å². The van der Waals surface area contributed by atoms with Gasteiger partial charge in [-0.05, 0) is 44.0 Å². The highest BCUT2D eigenvalue weighted by atomic mass is 79.9.